The predicted molar refractivity (Wildman–Crippen MR) is 105 cm³/mol. The van der Waals surface area contributed by atoms with Crippen LogP contribution in [0.3, 0.4) is 0 Å². The lowest BCUT2D eigenvalue weighted by atomic mass is 9.96. The third-order valence-corrected chi connectivity index (χ3v) is 5.12. The minimum Gasteiger partial charge on any atom is -0.452 e. The molecule has 0 radical (unpaired) electrons. The Bertz CT molecular complexity index is 963. The second-order valence-electron chi connectivity index (χ2n) is 7.02. The molecular formula is C22H21N3O3. The van der Waals surface area contributed by atoms with Gasteiger partial charge in [-0.05, 0) is 18.4 Å². The zero-order valence-corrected chi connectivity index (χ0v) is 15.4. The van der Waals surface area contributed by atoms with Crippen LogP contribution in [0.4, 0.5) is 0 Å². The van der Waals surface area contributed by atoms with Crippen LogP contribution in [0.2, 0.25) is 0 Å². The number of aromatic amines is 1. The Hall–Kier alpha value is -3.41. The first kappa shape index (κ1) is 18.0. The first-order valence-electron chi connectivity index (χ1n) is 9.26. The van der Waals surface area contributed by atoms with Crippen molar-refractivity contribution in [3.63, 3.8) is 0 Å². The van der Waals surface area contributed by atoms with Gasteiger partial charge in [0.25, 0.3) is 5.91 Å². The van der Waals surface area contributed by atoms with E-state index in [1.807, 2.05) is 48.5 Å². The second-order valence-corrected chi connectivity index (χ2v) is 7.02. The lowest BCUT2D eigenvalue weighted by molar-refractivity contribution is -0.124. The summed E-state index contributed by atoms with van der Waals surface area (Å²) in [6.45, 7) is 0.234. The Labute approximate surface area is 162 Å². The van der Waals surface area contributed by atoms with E-state index in [9.17, 15) is 9.59 Å². The van der Waals surface area contributed by atoms with E-state index >= 15 is 0 Å². The normalized spacial score (nSPS) is 14.3. The summed E-state index contributed by atoms with van der Waals surface area (Å²) in [6, 6.07) is 19.6. The molecule has 6 heteroatoms. The van der Waals surface area contributed by atoms with Crippen LogP contribution in [0.5, 0.6) is 0 Å². The number of hydrogen-bond acceptors (Lipinski definition) is 4. The van der Waals surface area contributed by atoms with Crippen LogP contribution < -0.4 is 5.32 Å². The van der Waals surface area contributed by atoms with Crippen LogP contribution >= 0.6 is 0 Å². The van der Waals surface area contributed by atoms with Gasteiger partial charge in [-0.3, -0.25) is 9.89 Å². The summed E-state index contributed by atoms with van der Waals surface area (Å²) in [5.41, 5.74) is 2.97. The second kappa shape index (κ2) is 7.68. The Kier molecular flexibility index (Phi) is 4.93. The van der Waals surface area contributed by atoms with Gasteiger partial charge < -0.3 is 10.1 Å². The zero-order valence-electron chi connectivity index (χ0n) is 15.4. The highest BCUT2D eigenvalue weighted by molar-refractivity contribution is 5.97. The summed E-state index contributed by atoms with van der Waals surface area (Å²) in [4.78, 5) is 24.5. The van der Waals surface area contributed by atoms with Crippen molar-refractivity contribution < 1.29 is 14.3 Å². The lowest BCUT2D eigenvalue weighted by Gasteiger charge is -2.16. The highest BCUT2D eigenvalue weighted by Crippen LogP contribution is 2.47. The molecule has 1 fully saturated rings. The third kappa shape index (κ3) is 3.81. The maximum atomic E-state index is 12.4. The summed E-state index contributed by atoms with van der Waals surface area (Å²) in [5, 5.41) is 9.63. The molecule has 1 heterocycles. The van der Waals surface area contributed by atoms with Crippen molar-refractivity contribution in [3.05, 3.63) is 78.0 Å². The Balaban J connectivity index is 1.31. The molecule has 6 nitrogen and oxygen atoms in total. The first-order valence-corrected chi connectivity index (χ1v) is 9.26. The maximum absolute atomic E-state index is 12.4. The molecule has 0 unspecified atom stereocenters. The van der Waals surface area contributed by atoms with Crippen LogP contribution in [0.15, 0.2) is 66.9 Å². The van der Waals surface area contributed by atoms with Gasteiger partial charge in [0, 0.05) is 17.5 Å². The number of rotatable bonds is 7. The topological polar surface area (TPSA) is 84.1 Å². The molecule has 2 N–H and O–H groups in total. The number of H-pyrrole nitrogens is 1. The van der Waals surface area contributed by atoms with Crippen molar-refractivity contribution >= 4 is 11.9 Å². The fourth-order valence-electron chi connectivity index (χ4n) is 3.30. The van der Waals surface area contributed by atoms with E-state index in [2.05, 4.69) is 27.6 Å². The van der Waals surface area contributed by atoms with Gasteiger partial charge in [-0.15, -0.1) is 0 Å². The molecule has 142 valence electrons. The van der Waals surface area contributed by atoms with E-state index in [1.54, 1.807) is 0 Å². The van der Waals surface area contributed by atoms with Crippen LogP contribution in [0, 0.1) is 0 Å². The zero-order chi connectivity index (χ0) is 19.4. The van der Waals surface area contributed by atoms with E-state index in [1.165, 1.54) is 11.8 Å². The van der Waals surface area contributed by atoms with Crippen molar-refractivity contribution in [2.45, 2.75) is 18.3 Å². The smallest absolute Gasteiger partial charge is 0.342 e. The van der Waals surface area contributed by atoms with Crippen molar-refractivity contribution in [1.29, 1.82) is 0 Å². The maximum Gasteiger partial charge on any atom is 0.342 e. The van der Waals surface area contributed by atoms with Gasteiger partial charge in [-0.1, -0.05) is 60.7 Å². The average molecular weight is 375 g/mol. The van der Waals surface area contributed by atoms with Gasteiger partial charge in [-0.25, -0.2) is 4.79 Å². The number of aromatic nitrogens is 2. The van der Waals surface area contributed by atoms with E-state index in [0.29, 0.717) is 17.8 Å². The van der Waals surface area contributed by atoms with Crippen molar-refractivity contribution in [2.75, 3.05) is 13.2 Å². The van der Waals surface area contributed by atoms with Crippen LogP contribution in [0.25, 0.3) is 11.3 Å². The predicted octanol–water partition coefficient (Wildman–Crippen LogP) is 3.08. The SMILES string of the molecule is O=C(COC(=O)c1cn[nH]c1-c1ccccc1)NCC1(c2ccccc2)CC1. The molecule has 1 amide bonds. The van der Waals surface area contributed by atoms with Gasteiger partial charge in [0.1, 0.15) is 5.56 Å². The fourth-order valence-corrected chi connectivity index (χ4v) is 3.30. The number of ether oxygens (including phenoxy) is 1. The number of esters is 1. The minimum absolute atomic E-state index is 0.0198. The largest absolute Gasteiger partial charge is 0.452 e. The molecule has 1 saturated carbocycles. The molecule has 3 aromatic rings. The van der Waals surface area contributed by atoms with Crippen molar-refractivity contribution in [3.8, 4) is 11.3 Å². The number of carbonyl (C=O) groups excluding carboxylic acids is 2. The van der Waals surface area contributed by atoms with E-state index in [4.69, 9.17) is 4.74 Å². The van der Waals surface area contributed by atoms with Crippen molar-refractivity contribution in [1.82, 2.24) is 15.5 Å². The number of carbonyl (C=O) groups is 2. The monoisotopic (exact) mass is 375 g/mol. The standard InChI is InChI=1S/C22H21N3O3/c26-19(23-15-22(11-12-22)17-9-5-2-6-10-17)14-28-21(27)18-13-24-25-20(18)16-7-3-1-4-8-16/h1-10,13H,11-12,14-15H2,(H,23,26)(H,24,25). The van der Waals surface area contributed by atoms with E-state index < -0.39 is 5.97 Å². The molecule has 2 aromatic carbocycles. The quantitative estimate of drug-likeness (QED) is 0.622. The molecule has 0 atom stereocenters. The van der Waals surface area contributed by atoms with E-state index in [-0.39, 0.29) is 17.9 Å². The number of nitrogens with one attached hydrogen (secondary N) is 2. The molecular weight excluding hydrogens is 354 g/mol. The summed E-state index contributed by atoms with van der Waals surface area (Å²) >= 11 is 0. The lowest BCUT2D eigenvalue weighted by Crippen LogP contribution is -2.35. The fraction of sp³-hybridized carbons (Fsp3) is 0.227. The molecule has 0 spiro atoms. The summed E-state index contributed by atoms with van der Waals surface area (Å²) in [5.74, 6) is -0.882. The molecule has 0 saturated heterocycles. The highest BCUT2D eigenvalue weighted by atomic mass is 16.5. The van der Waals surface area contributed by atoms with Crippen molar-refractivity contribution in [2.24, 2.45) is 0 Å². The highest BCUT2D eigenvalue weighted by Gasteiger charge is 2.44. The summed E-state index contributed by atoms with van der Waals surface area (Å²) in [6.07, 6.45) is 3.51. The molecule has 1 aliphatic carbocycles. The number of hydrogen-bond donors (Lipinski definition) is 2. The Morgan fingerprint density at radius 1 is 1.04 bits per heavy atom. The molecule has 28 heavy (non-hydrogen) atoms. The van der Waals surface area contributed by atoms with Crippen LogP contribution in [0.1, 0.15) is 28.8 Å². The third-order valence-electron chi connectivity index (χ3n) is 5.12. The Morgan fingerprint density at radius 2 is 1.71 bits per heavy atom. The summed E-state index contributed by atoms with van der Waals surface area (Å²) in [7, 11) is 0. The molecule has 1 aromatic heterocycles. The molecule has 0 aliphatic heterocycles. The van der Waals surface area contributed by atoms with Crippen LogP contribution in [-0.2, 0) is 14.9 Å². The average Bonchev–Trinajstić information content (AvgIpc) is 3.38. The number of benzene rings is 2. The van der Waals surface area contributed by atoms with E-state index in [0.717, 1.165) is 18.4 Å². The van der Waals surface area contributed by atoms with Gasteiger partial charge >= 0.3 is 5.97 Å². The van der Waals surface area contributed by atoms with Gasteiger partial charge in [0.05, 0.1) is 11.9 Å². The molecule has 1 aliphatic rings. The van der Waals surface area contributed by atoms with Gasteiger partial charge in [0.15, 0.2) is 6.61 Å². The first-order chi connectivity index (χ1) is 13.7. The molecule has 0 bridgehead atoms. The molecule has 4 rings (SSSR count). The Morgan fingerprint density at radius 3 is 2.39 bits per heavy atom. The van der Waals surface area contributed by atoms with Gasteiger partial charge in [0.2, 0.25) is 0 Å². The summed E-state index contributed by atoms with van der Waals surface area (Å²) < 4.78 is 5.19. The number of nitrogens with zero attached hydrogens (tertiary/aromatic N) is 1. The van der Waals surface area contributed by atoms with Gasteiger partial charge in [-0.2, -0.15) is 5.10 Å². The number of amides is 1. The minimum atomic E-state index is -0.577. The van der Waals surface area contributed by atoms with Crippen LogP contribution in [-0.4, -0.2) is 35.2 Å².